The van der Waals surface area contributed by atoms with Gasteiger partial charge in [-0.3, -0.25) is 4.79 Å². The maximum atomic E-state index is 12.9. The van der Waals surface area contributed by atoms with E-state index in [1.165, 1.54) is 12.1 Å². The Morgan fingerprint density at radius 3 is 2.34 bits per heavy atom. The first-order chi connectivity index (χ1) is 14.2. The number of benzene rings is 1. The van der Waals surface area contributed by atoms with E-state index in [9.17, 15) is 9.18 Å². The Hall–Kier alpha value is -3.62. The molecule has 1 amide bonds. The van der Waals surface area contributed by atoms with Crippen molar-refractivity contribution in [3.63, 3.8) is 0 Å². The summed E-state index contributed by atoms with van der Waals surface area (Å²) >= 11 is 0. The second-order valence-corrected chi connectivity index (χ2v) is 6.61. The van der Waals surface area contributed by atoms with E-state index in [1.807, 2.05) is 0 Å². The lowest BCUT2D eigenvalue weighted by atomic mass is 10.2. The van der Waals surface area contributed by atoms with Gasteiger partial charge < -0.3 is 15.1 Å². The largest absolute Gasteiger partial charge is 0.365 e. The highest BCUT2D eigenvalue weighted by Gasteiger charge is 2.24. The summed E-state index contributed by atoms with van der Waals surface area (Å²) in [6, 6.07) is 11.4. The maximum Gasteiger partial charge on any atom is 0.274 e. The monoisotopic (exact) mass is 393 g/mol. The minimum Gasteiger partial charge on any atom is -0.365 e. The molecular weight excluding hydrogens is 373 g/mol. The molecule has 4 rings (SSSR count). The molecular formula is C20H20FN7O. The molecule has 0 aliphatic carbocycles. The quantitative estimate of drug-likeness (QED) is 0.709. The van der Waals surface area contributed by atoms with E-state index in [-0.39, 0.29) is 11.7 Å². The Morgan fingerprint density at radius 1 is 0.966 bits per heavy atom. The summed E-state index contributed by atoms with van der Waals surface area (Å²) in [7, 11) is 0. The smallest absolute Gasteiger partial charge is 0.274 e. The fourth-order valence-corrected chi connectivity index (χ4v) is 3.06. The van der Waals surface area contributed by atoms with Crippen molar-refractivity contribution < 1.29 is 9.18 Å². The SMILES string of the molecule is O=C(c1ccc(NCc2ccc(F)cc2)nn1)N1CCN(c2ncccn2)CC1. The molecule has 0 atom stereocenters. The molecule has 0 bridgehead atoms. The molecule has 0 radical (unpaired) electrons. The molecule has 3 aromatic rings. The summed E-state index contributed by atoms with van der Waals surface area (Å²) in [4.78, 5) is 25.0. The molecule has 9 heteroatoms. The zero-order valence-corrected chi connectivity index (χ0v) is 15.7. The Bertz CT molecular complexity index is 943. The highest BCUT2D eigenvalue weighted by Crippen LogP contribution is 2.13. The van der Waals surface area contributed by atoms with Gasteiger partial charge in [-0.2, -0.15) is 0 Å². The summed E-state index contributed by atoms with van der Waals surface area (Å²) in [6.45, 7) is 2.97. The zero-order chi connectivity index (χ0) is 20.1. The molecule has 1 N–H and O–H groups in total. The van der Waals surface area contributed by atoms with Gasteiger partial charge in [0.1, 0.15) is 11.6 Å². The third-order valence-electron chi connectivity index (χ3n) is 4.67. The summed E-state index contributed by atoms with van der Waals surface area (Å²) in [5.41, 5.74) is 1.23. The van der Waals surface area contributed by atoms with Gasteiger partial charge >= 0.3 is 0 Å². The highest BCUT2D eigenvalue weighted by molar-refractivity contribution is 5.92. The second kappa shape index (κ2) is 8.59. The van der Waals surface area contributed by atoms with E-state index in [0.717, 1.165) is 5.56 Å². The van der Waals surface area contributed by atoms with E-state index >= 15 is 0 Å². The van der Waals surface area contributed by atoms with E-state index in [1.54, 1.807) is 47.6 Å². The van der Waals surface area contributed by atoms with Crippen LogP contribution >= 0.6 is 0 Å². The fourth-order valence-electron chi connectivity index (χ4n) is 3.06. The number of nitrogens with one attached hydrogen (secondary N) is 1. The van der Waals surface area contributed by atoms with Crippen molar-refractivity contribution in [2.45, 2.75) is 6.54 Å². The number of halogens is 1. The van der Waals surface area contributed by atoms with Crippen molar-refractivity contribution in [2.24, 2.45) is 0 Å². The van der Waals surface area contributed by atoms with Crippen LogP contribution < -0.4 is 10.2 Å². The minimum atomic E-state index is -0.270. The van der Waals surface area contributed by atoms with Crippen LogP contribution in [0.4, 0.5) is 16.2 Å². The molecule has 1 aromatic carbocycles. The molecule has 0 saturated carbocycles. The lowest BCUT2D eigenvalue weighted by Gasteiger charge is -2.34. The molecule has 1 fully saturated rings. The molecule has 2 aromatic heterocycles. The summed E-state index contributed by atoms with van der Waals surface area (Å²) < 4.78 is 12.9. The van der Waals surface area contributed by atoms with Gasteiger partial charge in [0.25, 0.3) is 5.91 Å². The molecule has 1 saturated heterocycles. The van der Waals surface area contributed by atoms with E-state index in [0.29, 0.717) is 50.2 Å². The normalized spacial score (nSPS) is 14.0. The van der Waals surface area contributed by atoms with Crippen LogP contribution in [0.25, 0.3) is 0 Å². The van der Waals surface area contributed by atoms with Gasteiger partial charge in [-0.15, -0.1) is 10.2 Å². The summed E-state index contributed by atoms with van der Waals surface area (Å²) in [5.74, 6) is 0.817. The van der Waals surface area contributed by atoms with Crippen LogP contribution in [-0.2, 0) is 6.54 Å². The molecule has 148 valence electrons. The molecule has 8 nitrogen and oxygen atoms in total. The molecule has 29 heavy (non-hydrogen) atoms. The van der Waals surface area contributed by atoms with Crippen molar-refractivity contribution in [3.05, 3.63) is 71.9 Å². The van der Waals surface area contributed by atoms with Crippen LogP contribution in [0.5, 0.6) is 0 Å². The predicted molar refractivity (Wildman–Crippen MR) is 106 cm³/mol. The molecule has 0 spiro atoms. The molecule has 3 heterocycles. The van der Waals surface area contributed by atoms with Gasteiger partial charge in [-0.05, 0) is 35.9 Å². The van der Waals surface area contributed by atoms with Crippen molar-refractivity contribution >= 4 is 17.7 Å². The fraction of sp³-hybridized carbons (Fsp3) is 0.250. The number of amides is 1. The topological polar surface area (TPSA) is 87.1 Å². The van der Waals surface area contributed by atoms with Gasteiger partial charge in [0.2, 0.25) is 5.95 Å². The average Bonchev–Trinajstić information content (AvgIpc) is 2.79. The van der Waals surface area contributed by atoms with Crippen molar-refractivity contribution in [1.82, 2.24) is 25.1 Å². The number of hydrogen-bond acceptors (Lipinski definition) is 7. The van der Waals surface area contributed by atoms with Gasteiger partial charge in [0.15, 0.2) is 5.69 Å². The average molecular weight is 393 g/mol. The van der Waals surface area contributed by atoms with Crippen LogP contribution in [0.15, 0.2) is 54.9 Å². The van der Waals surface area contributed by atoms with Crippen LogP contribution in [0.2, 0.25) is 0 Å². The summed E-state index contributed by atoms with van der Waals surface area (Å²) in [6.07, 6.45) is 3.42. The number of hydrogen-bond donors (Lipinski definition) is 1. The zero-order valence-electron chi connectivity index (χ0n) is 15.7. The molecule has 1 aliphatic heterocycles. The Kier molecular flexibility index (Phi) is 5.55. The van der Waals surface area contributed by atoms with Crippen molar-refractivity contribution in [1.29, 1.82) is 0 Å². The Morgan fingerprint density at radius 2 is 1.69 bits per heavy atom. The number of anilines is 2. The van der Waals surface area contributed by atoms with E-state index in [2.05, 4.69) is 30.4 Å². The Balaban J connectivity index is 1.31. The maximum absolute atomic E-state index is 12.9. The lowest BCUT2D eigenvalue weighted by molar-refractivity contribution is 0.0739. The standard InChI is InChI=1S/C20H20FN7O/c21-16-4-2-15(3-5-16)14-24-18-7-6-17(25-26-18)19(29)27-10-12-28(13-11-27)20-22-8-1-9-23-20/h1-9H,10-14H2,(H,24,26). The van der Waals surface area contributed by atoms with Crippen LogP contribution in [0.1, 0.15) is 16.1 Å². The van der Waals surface area contributed by atoms with Gasteiger partial charge in [-0.25, -0.2) is 14.4 Å². The number of nitrogens with zero attached hydrogens (tertiary/aromatic N) is 6. The van der Waals surface area contributed by atoms with E-state index < -0.39 is 0 Å². The first-order valence-corrected chi connectivity index (χ1v) is 9.32. The van der Waals surface area contributed by atoms with E-state index in [4.69, 9.17) is 0 Å². The third kappa shape index (κ3) is 4.63. The van der Waals surface area contributed by atoms with Crippen LogP contribution in [-0.4, -0.2) is 57.2 Å². The minimum absolute atomic E-state index is 0.142. The van der Waals surface area contributed by atoms with Crippen LogP contribution in [0.3, 0.4) is 0 Å². The molecule has 0 unspecified atom stereocenters. The number of rotatable bonds is 5. The van der Waals surface area contributed by atoms with Gasteiger partial charge in [0.05, 0.1) is 0 Å². The first kappa shape index (κ1) is 18.7. The molecule has 1 aliphatic rings. The number of aromatic nitrogens is 4. The summed E-state index contributed by atoms with van der Waals surface area (Å²) in [5, 5.41) is 11.2. The number of carbonyl (C=O) groups is 1. The lowest BCUT2D eigenvalue weighted by Crippen LogP contribution is -2.49. The van der Waals surface area contributed by atoms with Crippen LogP contribution in [0, 0.1) is 5.82 Å². The van der Waals surface area contributed by atoms with Gasteiger partial charge in [0, 0.05) is 45.1 Å². The highest BCUT2D eigenvalue weighted by atomic mass is 19.1. The third-order valence-corrected chi connectivity index (χ3v) is 4.67. The predicted octanol–water partition coefficient (Wildman–Crippen LogP) is 1.98. The first-order valence-electron chi connectivity index (χ1n) is 9.32. The van der Waals surface area contributed by atoms with Crippen molar-refractivity contribution in [2.75, 3.05) is 36.4 Å². The number of piperazine rings is 1. The second-order valence-electron chi connectivity index (χ2n) is 6.61. The van der Waals surface area contributed by atoms with Crippen molar-refractivity contribution in [3.8, 4) is 0 Å². The van der Waals surface area contributed by atoms with Gasteiger partial charge in [-0.1, -0.05) is 12.1 Å². The Labute approximate surface area is 167 Å². The number of carbonyl (C=O) groups excluding carboxylic acids is 1.